The number of rotatable bonds is 4. The fraction of sp³-hybridized carbons (Fsp3) is 0. The van der Waals surface area contributed by atoms with E-state index in [9.17, 15) is 8.42 Å². The molecule has 3 aromatic rings. The molecule has 0 saturated carbocycles. The zero-order valence-electron chi connectivity index (χ0n) is 11.3. The highest BCUT2D eigenvalue weighted by Crippen LogP contribution is 2.26. The van der Waals surface area contributed by atoms with Gasteiger partial charge in [-0.3, -0.25) is 4.72 Å². The lowest BCUT2D eigenvalue weighted by molar-refractivity contribution is 0.601. The van der Waals surface area contributed by atoms with Gasteiger partial charge in [-0.2, -0.15) is 5.10 Å². The molecule has 11 heteroatoms. The van der Waals surface area contributed by atoms with Gasteiger partial charge in [0.15, 0.2) is 5.82 Å². The van der Waals surface area contributed by atoms with Crippen LogP contribution in [0.2, 0.25) is 10.0 Å². The molecular weight excluding hydrogens is 363 g/mol. The van der Waals surface area contributed by atoms with Gasteiger partial charge in [0.2, 0.25) is 0 Å². The number of halogens is 2. The molecule has 0 saturated heterocycles. The van der Waals surface area contributed by atoms with Gasteiger partial charge < -0.3 is 0 Å². The summed E-state index contributed by atoms with van der Waals surface area (Å²) in [5, 5.41) is 4.21. The number of hydrogen-bond donors (Lipinski definition) is 1. The molecule has 118 valence electrons. The quantitative estimate of drug-likeness (QED) is 0.754. The zero-order chi connectivity index (χ0) is 16.4. The highest BCUT2D eigenvalue weighted by molar-refractivity contribution is 7.92. The van der Waals surface area contributed by atoms with Gasteiger partial charge in [-0.1, -0.05) is 23.2 Å². The summed E-state index contributed by atoms with van der Waals surface area (Å²) >= 11 is 11.8. The molecule has 0 unspecified atom stereocenters. The van der Waals surface area contributed by atoms with Gasteiger partial charge >= 0.3 is 0 Å². The average Bonchev–Trinajstić information content (AvgIpc) is 3.04. The fourth-order valence-electron chi connectivity index (χ4n) is 1.73. The smallest absolute Gasteiger partial charge is 0.263 e. The first kappa shape index (κ1) is 15.7. The topological polar surface area (TPSA) is 103 Å². The van der Waals surface area contributed by atoms with Gasteiger partial charge in [-0.15, -0.1) is 0 Å². The minimum Gasteiger partial charge on any atom is -0.263 e. The molecule has 3 rings (SSSR count). The van der Waals surface area contributed by atoms with Crippen LogP contribution in [0, 0.1) is 0 Å². The number of sulfonamides is 1. The lowest BCUT2D eigenvalue weighted by atomic mass is 10.4. The van der Waals surface area contributed by atoms with Crippen molar-refractivity contribution in [2.45, 2.75) is 4.90 Å². The van der Waals surface area contributed by atoms with Crippen LogP contribution in [0.3, 0.4) is 0 Å². The molecule has 0 aliphatic carbocycles. The number of anilines is 1. The Morgan fingerprint density at radius 3 is 2.65 bits per heavy atom. The molecule has 1 aromatic carbocycles. The van der Waals surface area contributed by atoms with E-state index in [1.807, 2.05) is 0 Å². The molecule has 0 aliphatic rings. The van der Waals surface area contributed by atoms with Crippen LogP contribution < -0.4 is 4.72 Å². The van der Waals surface area contributed by atoms with Crippen molar-refractivity contribution in [3.05, 3.63) is 53.3 Å². The molecule has 8 nitrogen and oxygen atoms in total. The Hall–Kier alpha value is -2.23. The Morgan fingerprint density at radius 2 is 1.91 bits per heavy atom. The van der Waals surface area contributed by atoms with E-state index >= 15 is 0 Å². The number of hydrogen-bond acceptors (Lipinski definition) is 6. The van der Waals surface area contributed by atoms with Crippen molar-refractivity contribution >= 4 is 39.0 Å². The standard InChI is InChI=1S/C12H8Cl2N6O2S/c13-8-1-2-9(14)10(3-8)23(21,22)19-11-4-12(17-6-16-11)20-7-15-5-18-20/h1-7H,(H,16,17,19). The molecule has 0 fully saturated rings. The van der Waals surface area contributed by atoms with Crippen LogP contribution in [0.15, 0.2) is 48.1 Å². The molecule has 0 spiro atoms. The van der Waals surface area contributed by atoms with Crippen LogP contribution in [0.5, 0.6) is 0 Å². The number of benzene rings is 1. The van der Waals surface area contributed by atoms with Crippen molar-refractivity contribution < 1.29 is 8.42 Å². The van der Waals surface area contributed by atoms with Crippen LogP contribution in [0.1, 0.15) is 0 Å². The van der Waals surface area contributed by atoms with Crippen molar-refractivity contribution in [3.63, 3.8) is 0 Å². The molecule has 1 N–H and O–H groups in total. The van der Waals surface area contributed by atoms with E-state index in [1.54, 1.807) is 0 Å². The molecule has 0 aliphatic heterocycles. The summed E-state index contributed by atoms with van der Waals surface area (Å²) in [5.74, 6) is 0.411. The summed E-state index contributed by atoms with van der Waals surface area (Å²) in [6.45, 7) is 0. The molecule has 23 heavy (non-hydrogen) atoms. The highest BCUT2D eigenvalue weighted by Gasteiger charge is 2.19. The second kappa shape index (κ2) is 6.11. The Balaban J connectivity index is 1.95. The largest absolute Gasteiger partial charge is 0.264 e. The predicted octanol–water partition coefficient (Wildman–Crippen LogP) is 2.16. The van der Waals surface area contributed by atoms with Crippen LogP contribution in [0.25, 0.3) is 5.82 Å². The monoisotopic (exact) mass is 370 g/mol. The fourth-order valence-corrected chi connectivity index (χ4v) is 3.49. The molecule has 0 bridgehead atoms. The molecule has 0 radical (unpaired) electrons. The first-order valence-electron chi connectivity index (χ1n) is 6.10. The summed E-state index contributed by atoms with van der Waals surface area (Å²) in [6, 6.07) is 5.56. The second-order valence-corrected chi connectivity index (χ2v) is 6.78. The van der Waals surface area contributed by atoms with Crippen LogP contribution in [-0.2, 0) is 10.0 Å². The van der Waals surface area contributed by atoms with Gasteiger partial charge in [0.05, 0.1) is 5.02 Å². The Morgan fingerprint density at radius 1 is 1.09 bits per heavy atom. The van der Waals surface area contributed by atoms with Crippen LogP contribution in [-0.4, -0.2) is 33.2 Å². The molecular formula is C12H8Cl2N6O2S. The van der Waals surface area contributed by atoms with E-state index in [2.05, 4.69) is 24.8 Å². The first-order valence-corrected chi connectivity index (χ1v) is 8.34. The second-order valence-electron chi connectivity index (χ2n) is 4.28. The van der Waals surface area contributed by atoms with Crippen molar-refractivity contribution in [1.29, 1.82) is 0 Å². The molecule has 2 heterocycles. The van der Waals surface area contributed by atoms with Crippen molar-refractivity contribution in [1.82, 2.24) is 24.7 Å². The minimum absolute atomic E-state index is 0.0486. The maximum absolute atomic E-state index is 12.4. The molecule has 2 aromatic heterocycles. The van der Waals surface area contributed by atoms with Crippen molar-refractivity contribution in [3.8, 4) is 5.82 Å². The lowest BCUT2D eigenvalue weighted by Crippen LogP contribution is -2.15. The highest BCUT2D eigenvalue weighted by atomic mass is 35.5. The summed E-state index contributed by atoms with van der Waals surface area (Å²) in [7, 11) is -3.95. The van der Waals surface area contributed by atoms with E-state index in [1.165, 1.54) is 47.9 Å². The van der Waals surface area contributed by atoms with Gasteiger partial charge in [0.1, 0.15) is 29.7 Å². The van der Waals surface area contributed by atoms with E-state index in [4.69, 9.17) is 23.2 Å². The normalized spacial score (nSPS) is 11.4. The van der Waals surface area contributed by atoms with Gasteiger partial charge in [0, 0.05) is 11.1 Å². The minimum atomic E-state index is -3.95. The predicted molar refractivity (Wildman–Crippen MR) is 84.2 cm³/mol. The van der Waals surface area contributed by atoms with Gasteiger partial charge in [-0.05, 0) is 18.2 Å². The van der Waals surface area contributed by atoms with Crippen molar-refractivity contribution in [2.24, 2.45) is 0 Å². The lowest BCUT2D eigenvalue weighted by Gasteiger charge is -2.09. The number of nitrogens with zero attached hydrogens (tertiary/aromatic N) is 5. The van der Waals surface area contributed by atoms with E-state index in [-0.39, 0.29) is 20.8 Å². The zero-order valence-corrected chi connectivity index (χ0v) is 13.6. The Labute approximate surface area is 141 Å². The third-order valence-corrected chi connectivity index (χ3v) is 4.80. The van der Waals surface area contributed by atoms with Gasteiger partial charge in [0.25, 0.3) is 10.0 Å². The maximum atomic E-state index is 12.4. The third-order valence-electron chi connectivity index (χ3n) is 2.73. The van der Waals surface area contributed by atoms with E-state index in [0.29, 0.717) is 5.82 Å². The van der Waals surface area contributed by atoms with E-state index < -0.39 is 10.0 Å². The van der Waals surface area contributed by atoms with Crippen molar-refractivity contribution in [2.75, 3.05) is 4.72 Å². The van der Waals surface area contributed by atoms with E-state index in [0.717, 1.165) is 0 Å². The molecule has 0 atom stereocenters. The number of aromatic nitrogens is 5. The summed E-state index contributed by atoms with van der Waals surface area (Å²) < 4.78 is 28.5. The SMILES string of the molecule is O=S(=O)(Nc1cc(-n2cncn2)ncn1)c1cc(Cl)ccc1Cl. The third kappa shape index (κ3) is 3.41. The first-order chi connectivity index (χ1) is 11.0. The summed E-state index contributed by atoms with van der Waals surface area (Å²) in [6.07, 6.45) is 3.96. The molecule has 0 amide bonds. The maximum Gasteiger partial charge on any atom is 0.264 e. The van der Waals surface area contributed by atoms with Crippen LogP contribution >= 0.6 is 23.2 Å². The van der Waals surface area contributed by atoms with Gasteiger partial charge in [-0.25, -0.2) is 28.1 Å². The summed E-state index contributed by atoms with van der Waals surface area (Å²) in [5.41, 5.74) is 0. The number of nitrogens with one attached hydrogen (secondary N) is 1. The average molecular weight is 371 g/mol. The Bertz CT molecular complexity index is 946. The summed E-state index contributed by atoms with van der Waals surface area (Å²) in [4.78, 5) is 11.5. The van der Waals surface area contributed by atoms with Crippen LogP contribution in [0.4, 0.5) is 5.82 Å². The Kier molecular flexibility index (Phi) is 4.16.